The summed E-state index contributed by atoms with van der Waals surface area (Å²) >= 11 is 0. The maximum Gasteiger partial charge on any atom is 0.331 e. The number of rotatable bonds is 7. The number of hydrogen-bond donors (Lipinski definition) is 0. The molecule has 2 atom stereocenters. The summed E-state index contributed by atoms with van der Waals surface area (Å²) in [6, 6.07) is 25.8. The molecular formula is C33H41N2O2+. The summed E-state index contributed by atoms with van der Waals surface area (Å²) in [5.41, 5.74) is 1.75. The van der Waals surface area contributed by atoms with Gasteiger partial charge in [0.05, 0.1) is 19.6 Å². The van der Waals surface area contributed by atoms with Crippen molar-refractivity contribution in [2.45, 2.75) is 57.1 Å². The predicted octanol–water partition coefficient (Wildman–Crippen LogP) is 5.94. The summed E-state index contributed by atoms with van der Waals surface area (Å²) in [6.07, 6.45) is 6.99. The lowest BCUT2D eigenvalue weighted by atomic mass is 9.82. The Morgan fingerprint density at radius 1 is 0.919 bits per heavy atom. The van der Waals surface area contributed by atoms with Crippen LogP contribution in [0.25, 0.3) is 10.8 Å². The molecule has 4 heterocycles. The molecule has 37 heavy (non-hydrogen) atoms. The van der Waals surface area contributed by atoms with Gasteiger partial charge in [0.25, 0.3) is 0 Å². The highest BCUT2D eigenvalue weighted by molar-refractivity contribution is 5.83. The van der Waals surface area contributed by atoms with Gasteiger partial charge >= 0.3 is 5.97 Å². The van der Waals surface area contributed by atoms with E-state index in [1.807, 2.05) is 18.2 Å². The smallest absolute Gasteiger partial charge is 0.331 e. The summed E-state index contributed by atoms with van der Waals surface area (Å²) in [7, 11) is 0. The molecule has 7 rings (SSSR count). The Balaban J connectivity index is 1.17. The molecule has 0 saturated carbocycles. The summed E-state index contributed by atoms with van der Waals surface area (Å²) in [5.74, 6) is 0.457. The van der Waals surface area contributed by atoms with Crippen molar-refractivity contribution in [3.63, 3.8) is 0 Å². The first-order chi connectivity index (χ1) is 18.1. The Labute approximate surface area is 221 Å². The van der Waals surface area contributed by atoms with Crippen LogP contribution in [0.4, 0.5) is 0 Å². The molecule has 4 aliphatic rings. The van der Waals surface area contributed by atoms with E-state index >= 15 is 0 Å². The average Bonchev–Trinajstić information content (AvgIpc) is 2.97. The number of benzene rings is 3. The van der Waals surface area contributed by atoms with Crippen molar-refractivity contribution in [3.8, 4) is 0 Å². The number of nitrogens with zero attached hydrogens (tertiary/aromatic N) is 2. The minimum atomic E-state index is -0.719. The van der Waals surface area contributed by atoms with Gasteiger partial charge < -0.3 is 9.22 Å². The Morgan fingerprint density at radius 3 is 2.38 bits per heavy atom. The number of quaternary nitrogens is 1. The Kier molecular flexibility index (Phi) is 6.81. The van der Waals surface area contributed by atoms with Crippen LogP contribution in [0.3, 0.4) is 0 Å². The van der Waals surface area contributed by atoms with Crippen LogP contribution in [0.15, 0.2) is 72.8 Å². The normalized spacial score (nSPS) is 27.6. The quantitative estimate of drug-likeness (QED) is 0.299. The van der Waals surface area contributed by atoms with Gasteiger partial charge in [0, 0.05) is 25.2 Å². The molecular weight excluding hydrogens is 456 g/mol. The molecule has 3 aromatic carbocycles. The van der Waals surface area contributed by atoms with E-state index in [1.165, 1.54) is 48.7 Å². The lowest BCUT2D eigenvalue weighted by Gasteiger charge is -2.53. The molecule has 0 aromatic heterocycles. The minimum absolute atomic E-state index is 0.0273. The highest BCUT2D eigenvalue weighted by atomic mass is 16.5. The van der Waals surface area contributed by atoms with Crippen molar-refractivity contribution in [2.24, 2.45) is 5.92 Å². The van der Waals surface area contributed by atoms with Crippen molar-refractivity contribution >= 4 is 16.7 Å². The monoisotopic (exact) mass is 497 g/mol. The molecule has 0 unspecified atom stereocenters. The fourth-order valence-electron chi connectivity index (χ4n) is 7.22. The van der Waals surface area contributed by atoms with Crippen LogP contribution in [0.2, 0.25) is 0 Å². The van der Waals surface area contributed by atoms with Crippen LogP contribution in [-0.2, 0) is 21.5 Å². The molecule has 0 N–H and O–H groups in total. The van der Waals surface area contributed by atoms with Crippen LogP contribution in [0.1, 0.15) is 50.2 Å². The third kappa shape index (κ3) is 4.82. The highest BCUT2D eigenvalue weighted by Gasteiger charge is 2.50. The van der Waals surface area contributed by atoms with E-state index in [9.17, 15) is 4.79 Å². The van der Waals surface area contributed by atoms with Gasteiger partial charge in [-0.2, -0.15) is 0 Å². The fraction of sp³-hybridized carbons (Fsp3) is 0.485. The highest BCUT2D eigenvalue weighted by Crippen LogP contribution is 2.39. The van der Waals surface area contributed by atoms with Crippen LogP contribution in [0.5, 0.6) is 0 Å². The number of hydrogen-bond acceptors (Lipinski definition) is 3. The first-order valence-electron chi connectivity index (χ1n) is 14.4. The average molecular weight is 498 g/mol. The number of likely N-dealkylation sites (tertiary alicyclic amines) is 1. The SMILES string of the molecule is C[C@@](C(=O)O[C@@H]1C[N+]2(CCc3ccc4ccccc4c3)CCC1CC2)(c1ccccc1)N1CCCCC1. The van der Waals surface area contributed by atoms with E-state index in [2.05, 4.69) is 66.4 Å². The zero-order chi connectivity index (χ0) is 25.3. The molecule has 4 nitrogen and oxygen atoms in total. The van der Waals surface area contributed by atoms with E-state index in [0.717, 1.165) is 55.5 Å². The zero-order valence-corrected chi connectivity index (χ0v) is 22.3. The van der Waals surface area contributed by atoms with Crippen LogP contribution in [-0.4, -0.2) is 60.7 Å². The number of carbonyl (C=O) groups is 1. The third-order valence-corrected chi connectivity index (χ3v) is 9.71. The summed E-state index contributed by atoms with van der Waals surface area (Å²) in [5, 5.41) is 2.63. The van der Waals surface area contributed by atoms with Crippen LogP contribution >= 0.6 is 0 Å². The largest absolute Gasteiger partial charge is 0.454 e. The number of piperidine rings is 4. The molecule has 4 aliphatic heterocycles. The van der Waals surface area contributed by atoms with Gasteiger partial charge in [-0.25, -0.2) is 4.79 Å². The molecule has 4 saturated heterocycles. The predicted molar refractivity (Wildman–Crippen MR) is 149 cm³/mol. The lowest BCUT2D eigenvalue weighted by Crippen LogP contribution is -2.65. The van der Waals surface area contributed by atoms with Gasteiger partial charge in [0.2, 0.25) is 0 Å². The molecule has 0 amide bonds. The Hall–Kier alpha value is -2.69. The van der Waals surface area contributed by atoms with E-state index in [0.29, 0.717) is 5.92 Å². The molecule has 0 aliphatic carbocycles. The van der Waals surface area contributed by atoms with Gasteiger partial charge in [-0.3, -0.25) is 4.90 Å². The van der Waals surface area contributed by atoms with Crippen molar-refractivity contribution in [1.29, 1.82) is 0 Å². The van der Waals surface area contributed by atoms with Crippen molar-refractivity contribution in [2.75, 3.05) is 39.3 Å². The number of ether oxygens (including phenoxy) is 1. The second-order valence-corrected chi connectivity index (χ2v) is 11.9. The molecule has 4 fully saturated rings. The van der Waals surface area contributed by atoms with Gasteiger partial charge in [-0.05, 0) is 54.8 Å². The first-order valence-corrected chi connectivity index (χ1v) is 14.4. The standard InChI is InChI=1S/C33H41N2O2/c1-33(30-12-4-2-5-13-30,34-19-8-3-9-20-34)32(36)37-31-25-35(22-17-28(31)18-23-35)21-16-26-14-15-27-10-6-7-11-29(27)24-26/h2,4-7,10-15,24,28,31H,3,8-9,16-23,25H2,1H3/q+1/t28?,31-,33+,35?/m1/s1. The van der Waals surface area contributed by atoms with Crippen molar-refractivity contribution < 1.29 is 14.0 Å². The maximum atomic E-state index is 14.0. The van der Waals surface area contributed by atoms with E-state index in [1.54, 1.807) is 0 Å². The second-order valence-electron chi connectivity index (χ2n) is 11.9. The summed E-state index contributed by atoms with van der Waals surface area (Å²) < 4.78 is 7.63. The molecule has 194 valence electrons. The lowest BCUT2D eigenvalue weighted by molar-refractivity contribution is -0.946. The zero-order valence-electron chi connectivity index (χ0n) is 22.3. The number of carbonyl (C=O) groups excluding carboxylic acids is 1. The van der Waals surface area contributed by atoms with Gasteiger partial charge in [0.15, 0.2) is 6.10 Å². The number of fused-ring (bicyclic) bond motifs is 4. The molecule has 0 radical (unpaired) electrons. The number of esters is 1. The maximum absolute atomic E-state index is 14.0. The molecule has 2 bridgehead atoms. The van der Waals surface area contributed by atoms with Gasteiger partial charge in [-0.1, -0.05) is 79.2 Å². The van der Waals surface area contributed by atoms with Crippen LogP contribution in [0, 0.1) is 5.92 Å². The Bertz CT molecular complexity index is 1230. The summed E-state index contributed by atoms with van der Waals surface area (Å²) in [6.45, 7) is 8.54. The molecule has 3 aromatic rings. The molecule has 0 spiro atoms. The minimum Gasteiger partial charge on any atom is -0.454 e. The third-order valence-electron chi connectivity index (χ3n) is 9.71. The van der Waals surface area contributed by atoms with E-state index in [-0.39, 0.29) is 12.1 Å². The molecule has 4 heteroatoms. The van der Waals surface area contributed by atoms with Gasteiger partial charge in [0.1, 0.15) is 12.1 Å². The van der Waals surface area contributed by atoms with Crippen molar-refractivity contribution in [3.05, 3.63) is 83.9 Å². The fourth-order valence-corrected chi connectivity index (χ4v) is 7.22. The van der Waals surface area contributed by atoms with E-state index < -0.39 is 5.54 Å². The first kappa shape index (κ1) is 24.6. The topological polar surface area (TPSA) is 29.5 Å². The summed E-state index contributed by atoms with van der Waals surface area (Å²) in [4.78, 5) is 16.4. The van der Waals surface area contributed by atoms with Crippen LogP contribution < -0.4 is 0 Å². The van der Waals surface area contributed by atoms with Gasteiger partial charge in [-0.15, -0.1) is 0 Å². The Morgan fingerprint density at radius 2 is 1.62 bits per heavy atom. The van der Waals surface area contributed by atoms with E-state index in [4.69, 9.17) is 4.74 Å². The van der Waals surface area contributed by atoms with Crippen molar-refractivity contribution in [1.82, 2.24) is 4.90 Å². The second kappa shape index (κ2) is 10.2.